The van der Waals surface area contributed by atoms with E-state index >= 15 is 0 Å². The maximum Gasteiger partial charge on any atom is 0.338 e. The predicted molar refractivity (Wildman–Crippen MR) is 101 cm³/mol. The molecule has 0 bridgehead atoms. The molecule has 0 atom stereocenters. The summed E-state index contributed by atoms with van der Waals surface area (Å²) >= 11 is 0. The van der Waals surface area contributed by atoms with E-state index < -0.39 is 5.97 Å². The van der Waals surface area contributed by atoms with Crippen LogP contribution in [0.25, 0.3) is 5.69 Å². The highest BCUT2D eigenvalue weighted by Crippen LogP contribution is 2.22. The van der Waals surface area contributed by atoms with E-state index in [0.29, 0.717) is 22.9 Å². The fraction of sp³-hybridized carbons (Fsp3) is 0.0476. The van der Waals surface area contributed by atoms with Gasteiger partial charge in [0.1, 0.15) is 17.3 Å². The van der Waals surface area contributed by atoms with Crippen LogP contribution < -0.4 is 4.74 Å². The lowest BCUT2D eigenvalue weighted by Crippen LogP contribution is -2.10. The van der Waals surface area contributed by atoms with Crippen LogP contribution in [-0.4, -0.2) is 26.2 Å². The SMILES string of the molecule is O=C(OCc1nnnn1-c1ccccc1)c1ccc(Oc2ccc(F)cc2)cc1. The van der Waals surface area contributed by atoms with Crippen molar-refractivity contribution in [1.29, 1.82) is 0 Å². The second-order valence-corrected chi connectivity index (χ2v) is 6.00. The molecule has 0 aliphatic rings. The van der Waals surface area contributed by atoms with Crippen LogP contribution in [0.5, 0.6) is 11.5 Å². The molecule has 0 saturated heterocycles. The number of nitrogens with zero attached hydrogens (tertiary/aromatic N) is 4. The fourth-order valence-corrected chi connectivity index (χ4v) is 2.58. The van der Waals surface area contributed by atoms with Crippen LogP contribution in [0.2, 0.25) is 0 Å². The van der Waals surface area contributed by atoms with Crippen molar-refractivity contribution < 1.29 is 18.7 Å². The highest BCUT2D eigenvalue weighted by atomic mass is 19.1. The molecule has 8 heteroatoms. The van der Waals surface area contributed by atoms with Crippen LogP contribution in [0.3, 0.4) is 0 Å². The smallest absolute Gasteiger partial charge is 0.338 e. The van der Waals surface area contributed by atoms with Gasteiger partial charge >= 0.3 is 5.97 Å². The molecule has 7 nitrogen and oxygen atoms in total. The van der Waals surface area contributed by atoms with Gasteiger partial charge in [-0.05, 0) is 71.1 Å². The first-order valence-corrected chi connectivity index (χ1v) is 8.72. The molecule has 1 aromatic heterocycles. The highest BCUT2D eigenvalue weighted by Gasteiger charge is 2.13. The number of tetrazole rings is 1. The van der Waals surface area contributed by atoms with E-state index in [0.717, 1.165) is 5.69 Å². The second-order valence-electron chi connectivity index (χ2n) is 6.00. The van der Waals surface area contributed by atoms with Gasteiger partial charge < -0.3 is 9.47 Å². The van der Waals surface area contributed by atoms with Crippen molar-refractivity contribution in [2.75, 3.05) is 0 Å². The van der Waals surface area contributed by atoms with Gasteiger partial charge in [-0.1, -0.05) is 18.2 Å². The minimum atomic E-state index is -0.513. The molecule has 0 radical (unpaired) electrons. The number of ether oxygens (including phenoxy) is 2. The normalized spacial score (nSPS) is 10.5. The van der Waals surface area contributed by atoms with Gasteiger partial charge in [0.15, 0.2) is 12.4 Å². The van der Waals surface area contributed by atoms with E-state index in [2.05, 4.69) is 15.5 Å². The number of esters is 1. The summed E-state index contributed by atoms with van der Waals surface area (Å²) in [4.78, 5) is 12.3. The number of carbonyl (C=O) groups excluding carboxylic acids is 1. The topological polar surface area (TPSA) is 79.1 Å². The van der Waals surface area contributed by atoms with E-state index in [1.807, 2.05) is 30.3 Å². The first-order valence-electron chi connectivity index (χ1n) is 8.72. The predicted octanol–water partition coefficient (Wildman–Crippen LogP) is 3.95. The monoisotopic (exact) mass is 390 g/mol. The molecule has 144 valence electrons. The molecule has 0 unspecified atom stereocenters. The first-order chi connectivity index (χ1) is 14.2. The third-order valence-electron chi connectivity index (χ3n) is 4.01. The number of halogens is 1. The molecule has 0 aliphatic carbocycles. The van der Waals surface area contributed by atoms with Crippen LogP contribution in [0, 0.1) is 5.82 Å². The molecule has 0 spiro atoms. The van der Waals surface area contributed by atoms with E-state index in [-0.39, 0.29) is 12.4 Å². The molecule has 0 aliphatic heterocycles. The molecule has 1 heterocycles. The van der Waals surface area contributed by atoms with Gasteiger partial charge in [0.05, 0.1) is 11.3 Å². The standard InChI is InChI=1S/C21H15FN4O3/c22-16-8-12-19(13-9-16)29-18-10-6-15(7-11-18)21(27)28-14-20-23-24-25-26(20)17-4-2-1-3-5-17/h1-13H,14H2. The lowest BCUT2D eigenvalue weighted by molar-refractivity contribution is 0.0459. The average Bonchev–Trinajstić information content (AvgIpc) is 3.23. The number of para-hydroxylation sites is 1. The van der Waals surface area contributed by atoms with Gasteiger partial charge in [0.25, 0.3) is 0 Å². The number of benzene rings is 3. The van der Waals surface area contributed by atoms with Gasteiger partial charge in [-0.3, -0.25) is 0 Å². The summed E-state index contributed by atoms with van der Waals surface area (Å²) in [6.45, 7) is -0.0748. The molecule has 29 heavy (non-hydrogen) atoms. The van der Waals surface area contributed by atoms with Crippen molar-refractivity contribution in [2.24, 2.45) is 0 Å². The number of rotatable bonds is 6. The van der Waals surface area contributed by atoms with Crippen LogP contribution in [0.4, 0.5) is 4.39 Å². The summed E-state index contributed by atoms with van der Waals surface area (Å²) in [5.41, 5.74) is 1.13. The molecular formula is C21H15FN4O3. The van der Waals surface area contributed by atoms with Crippen molar-refractivity contribution in [1.82, 2.24) is 20.2 Å². The zero-order chi connectivity index (χ0) is 20.1. The fourth-order valence-electron chi connectivity index (χ4n) is 2.58. The first kappa shape index (κ1) is 18.3. The second kappa shape index (κ2) is 8.30. The third kappa shape index (κ3) is 4.44. The Morgan fingerprint density at radius 2 is 1.55 bits per heavy atom. The van der Waals surface area contributed by atoms with Crippen LogP contribution >= 0.6 is 0 Å². The van der Waals surface area contributed by atoms with Crippen molar-refractivity contribution in [3.63, 3.8) is 0 Å². The largest absolute Gasteiger partial charge is 0.457 e. The molecule has 4 aromatic rings. The van der Waals surface area contributed by atoms with Gasteiger partial charge in [-0.2, -0.15) is 4.68 Å². The molecule has 0 amide bonds. The van der Waals surface area contributed by atoms with Crippen LogP contribution in [-0.2, 0) is 11.3 Å². The Morgan fingerprint density at radius 1 is 0.897 bits per heavy atom. The summed E-state index contributed by atoms with van der Waals surface area (Å²) in [5.74, 6) is 0.561. The third-order valence-corrected chi connectivity index (χ3v) is 4.01. The number of carbonyl (C=O) groups is 1. The molecular weight excluding hydrogens is 375 g/mol. The summed E-state index contributed by atoms with van der Waals surface area (Å²) in [7, 11) is 0. The summed E-state index contributed by atoms with van der Waals surface area (Å²) in [6.07, 6.45) is 0. The molecule has 4 rings (SSSR count). The van der Waals surface area contributed by atoms with Gasteiger partial charge in [0.2, 0.25) is 0 Å². The Balaban J connectivity index is 1.38. The molecule has 0 fully saturated rings. The van der Waals surface area contributed by atoms with Crippen molar-refractivity contribution >= 4 is 5.97 Å². The maximum atomic E-state index is 12.9. The molecule has 3 aromatic carbocycles. The minimum absolute atomic E-state index is 0.0748. The molecule has 0 saturated carbocycles. The summed E-state index contributed by atoms with van der Waals surface area (Å²) in [6, 6.07) is 21.4. The Morgan fingerprint density at radius 3 is 2.24 bits per heavy atom. The van der Waals surface area contributed by atoms with E-state index in [4.69, 9.17) is 9.47 Å². The Labute approximate surface area is 165 Å². The van der Waals surface area contributed by atoms with Crippen molar-refractivity contribution in [3.05, 3.63) is 96.1 Å². The maximum absolute atomic E-state index is 12.9. The Bertz CT molecular complexity index is 1100. The van der Waals surface area contributed by atoms with Gasteiger partial charge in [-0.25, -0.2) is 9.18 Å². The summed E-state index contributed by atoms with van der Waals surface area (Å²) < 4.78 is 25.4. The zero-order valence-corrected chi connectivity index (χ0v) is 15.1. The van der Waals surface area contributed by atoms with E-state index in [1.165, 1.54) is 28.9 Å². The van der Waals surface area contributed by atoms with E-state index in [1.54, 1.807) is 24.3 Å². The van der Waals surface area contributed by atoms with Gasteiger partial charge in [-0.15, -0.1) is 5.10 Å². The van der Waals surface area contributed by atoms with Crippen LogP contribution in [0.15, 0.2) is 78.9 Å². The highest BCUT2D eigenvalue weighted by molar-refractivity contribution is 5.89. The Kier molecular flexibility index (Phi) is 5.24. The molecule has 0 N–H and O–H groups in total. The van der Waals surface area contributed by atoms with Crippen molar-refractivity contribution in [3.8, 4) is 17.2 Å². The number of hydrogen-bond acceptors (Lipinski definition) is 6. The lowest BCUT2D eigenvalue weighted by Gasteiger charge is -2.08. The summed E-state index contributed by atoms with van der Waals surface area (Å²) in [5, 5.41) is 11.5. The van der Waals surface area contributed by atoms with Crippen molar-refractivity contribution in [2.45, 2.75) is 6.61 Å². The minimum Gasteiger partial charge on any atom is -0.457 e. The van der Waals surface area contributed by atoms with Gasteiger partial charge in [0, 0.05) is 0 Å². The van der Waals surface area contributed by atoms with Crippen LogP contribution in [0.1, 0.15) is 16.2 Å². The lowest BCUT2D eigenvalue weighted by atomic mass is 10.2. The average molecular weight is 390 g/mol. The zero-order valence-electron chi connectivity index (χ0n) is 15.1. The Hall–Kier alpha value is -4.07. The quantitative estimate of drug-likeness (QED) is 0.464. The van der Waals surface area contributed by atoms with E-state index in [9.17, 15) is 9.18 Å². The number of hydrogen-bond donors (Lipinski definition) is 0. The number of aromatic nitrogens is 4.